The van der Waals surface area contributed by atoms with Crippen LogP contribution in [0.15, 0.2) is 0 Å². The van der Waals surface area contributed by atoms with Crippen LogP contribution in [0.25, 0.3) is 0 Å². The molecular formula is C28H46O9. The van der Waals surface area contributed by atoms with Crippen LogP contribution in [0.4, 0.5) is 0 Å². The van der Waals surface area contributed by atoms with Gasteiger partial charge in [-0.1, -0.05) is 27.2 Å². The molecule has 5 rings (SSSR count). The van der Waals surface area contributed by atoms with Gasteiger partial charge in [0.1, 0.15) is 24.4 Å². The Morgan fingerprint density at radius 3 is 2.24 bits per heavy atom. The minimum absolute atomic E-state index is 0.0961. The molecule has 9 nitrogen and oxygen atoms in total. The zero-order chi connectivity index (χ0) is 27.2. The maximum absolute atomic E-state index is 14.0. The summed E-state index contributed by atoms with van der Waals surface area (Å²) in [5, 5.41) is 61.8. The molecule has 6 N–H and O–H groups in total. The van der Waals surface area contributed by atoms with Crippen molar-refractivity contribution in [3.05, 3.63) is 0 Å². The zero-order valence-corrected chi connectivity index (χ0v) is 22.7. The predicted molar refractivity (Wildman–Crippen MR) is 132 cm³/mol. The van der Waals surface area contributed by atoms with Crippen LogP contribution in [0, 0.1) is 33.0 Å². The van der Waals surface area contributed by atoms with E-state index in [4.69, 9.17) is 9.47 Å². The molecule has 212 valence electrons. The fourth-order valence-corrected chi connectivity index (χ4v) is 10.1. The Balaban J connectivity index is 1.47. The van der Waals surface area contributed by atoms with E-state index in [0.29, 0.717) is 12.8 Å². The molecule has 4 saturated carbocycles. The van der Waals surface area contributed by atoms with E-state index >= 15 is 0 Å². The number of hydrogen-bond donors (Lipinski definition) is 6. The number of fused-ring (bicyclic) bond motifs is 3. The molecule has 0 amide bonds. The van der Waals surface area contributed by atoms with Gasteiger partial charge in [-0.15, -0.1) is 0 Å². The van der Waals surface area contributed by atoms with Crippen LogP contribution in [0.3, 0.4) is 0 Å². The number of esters is 1. The summed E-state index contributed by atoms with van der Waals surface area (Å²) in [6.45, 7) is 7.99. The quantitative estimate of drug-likeness (QED) is 0.297. The number of hydrogen-bond acceptors (Lipinski definition) is 9. The minimum atomic E-state index is -1.63. The first kappa shape index (κ1) is 27.7. The summed E-state index contributed by atoms with van der Waals surface area (Å²) in [7, 11) is 0. The van der Waals surface area contributed by atoms with Gasteiger partial charge in [-0.05, 0) is 85.9 Å². The summed E-state index contributed by atoms with van der Waals surface area (Å²) < 4.78 is 11.3. The number of ether oxygens (including phenoxy) is 2. The van der Waals surface area contributed by atoms with Crippen molar-refractivity contribution < 1.29 is 44.9 Å². The summed E-state index contributed by atoms with van der Waals surface area (Å²) in [4.78, 5) is 14.0. The fourth-order valence-electron chi connectivity index (χ4n) is 10.1. The molecule has 1 saturated heterocycles. The third kappa shape index (κ3) is 3.31. The van der Waals surface area contributed by atoms with Gasteiger partial charge in [-0.25, -0.2) is 0 Å². The molecule has 1 aliphatic heterocycles. The Bertz CT molecular complexity index is 927. The maximum atomic E-state index is 14.0. The van der Waals surface area contributed by atoms with E-state index < -0.39 is 59.7 Å². The van der Waals surface area contributed by atoms with E-state index in [0.717, 1.165) is 44.9 Å². The number of aliphatic hydroxyl groups is 6. The highest BCUT2D eigenvalue weighted by molar-refractivity contribution is 5.78. The summed E-state index contributed by atoms with van der Waals surface area (Å²) in [6, 6.07) is 0. The molecule has 37 heavy (non-hydrogen) atoms. The largest absolute Gasteiger partial charge is 0.432 e. The molecule has 0 unspecified atom stereocenters. The molecule has 1 heterocycles. The number of aliphatic hydroxyl groups excluding tert-OH is 5. The second-order valence-corrected chi connectivity index (χ2v) is 13.9. The van der Waals surface area contributed by atoms with Crippen LogP contribution >= 0.6 is 0 Å². The monoisotopic (exact) mass is 526 g/mol. The molecule has 0 aromatic rings. The zero-order valence-electron chi connectivity index (χ0n) is 22.7. The van der Waals surface area contributed by atoms with Gasteiger partial charge in [-0.2, -0.15) is 0 Å². The standard InChI is InChI=1S/C28H46O9/c1-23(22(34)37-21-20(33)19(32)18(31)17(13-29)36-21)7-5-8-25(3)24(23,2)10-11-27-12-16(6-9-26(25,27)4)28(35,14-27)15-30/h16-21,29-33,35H,5-15H2,1-4H3/t16-,17+,18+,19-,20+,21-,23-,24+,25+,26-,27-,28-/m0/s1. The van der Waals surface area contributed by atoms with Gasteiger partial charge < -0.3 is 40.1 Å². The maximum Gasteiger partial charge on any atom is 0.314 e. The predicted octanol–water partition coefficient (Wildman–Crippen LogP) is 1.25. The van der Waals surface area contributed by atoms with Crippen LogP contribution < -0.4 is 0 Å². The highest BCUT2D eigenvalue weighted by Gasteiger charge is 2.77. The Morgan fingerprint density at radius 1 is 0.892 bits per heavy atom. The lowest BCUT2D eigenvalue weighted by Crippen LogP contribution is -2.69. The molecule has 2 bridgehead atoms. The number of rotatable bonds is 4. The van der Waals surface area contributed by atoms with E-state index in [2.05, 4.69) is 20.8 Å². The summed E-state index contributed by atoms with van der Waals surface area (Å²) in [6.07, 6.45) is -0.102. The second kappa shape index (κ2) is 8.59. The summed E-state index contributed by atoms with van der Waals surface area (Å²) in [5.74, 6) is -0.401. The lowest BCUT2D eigenvalue weighted by atomic mass is 9.30. The third-order valence-electron chi connectivity index (χ3n) is 13.1. The van der Waals surface area contributed by atoms with Crippen LogP contribution in [-0.2, 0) is 14.3 Å². The molecule has 4 aliphatic carbocycles. The number of carbonyl (C=O) groups is 1. The Labute approximate surface area is 219 Å². The minimum Gasteiger partial charge on any atom is -0.432 e. The van der Waals surface area contributed by atoms with Crippen molar-refractivity contribution >= 4 is 5.97 Å². The molecule has 5 aliphatic rings. The van der Waals surface area contributed by atoms with Gasteiger partial charge in [-0.3, -0.25) is 4.79 Å². The first-order valence-corrected chi connectivity index (χ1v) is 14.0. The highest BCUT2D eigenvalue weighted by atomic mass is 16.7. The lowest BCUT2D eigenvalue weighted by Gasteiger charge is -2.73. The highest BCUT2D eigenvalue weighted by Crippen LogP contribution is 2.81. The van der Waals surface area contributed by atoms with Crippen molar-refractivity contribution in [1.82, 2.24) is 0 Å². The number of carbonyl (C=O) groups excluding carboxylic acids is 1. The van der Waals surface area contributed by atoms with Crippen molar-refractivity contribution in [1.29, 1.82) is 0 Å². The molecule has 12 atom stereocenters. The van der Waals surface area contributed by atoms with Gasteiger partial charge in [0.25, 0.3) is 0 Å². The second-order valence-electron chi connectivity index (χ2n) is 13.9. The van der Waals surface area contributed by atoms with Crippen molar-refractivity contribution in [2.24, 2.45) is 33.0 Å². The first-order chi connectivity index (χ1) is 17.2. The fraction of sp³-hybridized carbons (Fsp3) is 0.964. The average molecular weight is 527 g/mol. The molecule has 0 radical (unpaired) electrons. The SMILES string of the molecule is C[C@@]12CCC[C@@](C)(C(=O)O[C@@H]3O[C@H](CO)[C@@H](O)[C@H](O)[C@H]3O)[C@@]1(C)CC[C@@]13C[C@H](CC[C@]12C)[C@@](O)(CO)C3. The van der Waals surface area contributed by atoms with Gasteiger partial charge >= 0.3 is 5.97 Å². The summed E-state index contributed by atoms with van der Waals surface area (Å²) >= 11 is 0. The van der Waals surface area contributed by atoms with E-state index in [9.17, 15) is 35.4 Å². The lowest BCUT2D eigenvalue weighted by molar-refractivity contribution is -0.304. The first-order valence-electron chi connectivity index (χ1n) is 14.0. The molecule has 0 aromatic carbocycles. The van der Waals surface area contributed by atoms with Crippen molar-refractivity contribution in [3.63, 3.8) is 0 Å². The van der Waals surface area contributed by atoms with E-state index in [-0.39, 0.29) is 28.8 Å². The average Bonchev–Trinajstić information content (AvgIpc) is 3.12. The van der Waals surface area contributed by atoms with Gasteiger partial charge in [0.15, 0.2) is 0 Å². The molecule has 1 spiro atoms. The van der Waals surface area contributed by atoms with E-state index in [1.54, 1.807) is 0 Å². The van der Waals surface area contributed by atoms with E-state index in [1.165, 1.54) is 0 Å². The molecular weight excluding hydrogens is 480 g/mol. The Hall–Kier alpha value is -0.810. The molecule has 9 heteroatoms. The third-order valence-corrected chi connectivity index (χ3v) is 13.1. The Kier molecular flexibility index (Phi) is 6.44. The van der Waals surface area contributed by atoms with Crippen molar-refractivity contribution in [2.45, 2.75) is 122 Å². The van der Waals surface area contributed by atoms with Gasteiger partial charge in [0.05, 0.1) is 24.2 Å². The molecule has 0 aromatic heterocycles. The van der Waals surface area contributed by atoms with Crippen molar-refractivity contribution in [2.75, 3.05) is 13.2 Å². The van der Waals surface area contributed by atoms with Crippen LogP contribution in [-0.4, -0.2) is 86.1 Å². The Morgan fingerprint density at radius 2 is 1.59 bits per heavy atom. The van der Waals surface area contributed by atoms with Gasteiger partial charge in [0, 0.05) is 0 Å². The van der Waals surface area contributed by atoms with Crippen LogP contribution in [0.5, 0.6) is 0 Å². The van der Waals surface area contributed by atoms with Gasteiger partial charge in [0.2, 0.25) is 6.29 Å². The summed E-state index contributed by atoms with van der Waals surface area (Å²) in [5.41, 5.74) is -2.87. The van der Waals surface area contributed by atoms with Crippen LogP contribution in [0.1, 0.15) is 85.5 Å². The van der Waals surface area contributed by atoms with Crippen LogP contribution in [0.2, 0.25) is 0 Å². The molecule has 5 fully saturated rings. The van der Waals surface area contributed by atoms with E-state index in [1.807, 2.05) is 6.92 Å². The topological polar surface area (TPSA) is 157 Å². The van der Waals surface area contributed by atoms with Crippen molar-refractivity contribution in [3.8, 4) is 0 Å². The smallest absolute Gasteiger partial charge is 0.314 e. The normalized spacial score (nSPS) is 57.4.